The predicted octanol–water partition coefficient (Wildman–Crippen LogP) is 14.0. The van der Waals surface area contributed by atoms with Gasteiger partial charge in [-0.1, -0.05) is 113 Å². The Labute approximate surface area is 330 Å². The van der Waals surface area contributed by atoms with Gasteiger partial charge in [-0.3, -0.25) is 0 Å². The van der Waals surface area contributed by atoms with Crippen LogP contribution in [0, 0.1) is 27.7 Å². The van der Waals surface area contributed by atoms with E-state index in [-0.39, 0.29) is 0 Å². The van der Waals surface area contributed by atoms with Crippen molar-refractivity contribution in [2.45, 2.75) is 27.7 Å². The Bertz CT molecular complexity index is 2480. The largest absolute Gasteiger partial charge is 0.399 e. The molecule has 4 N–H and O–H groups in total. The van der Waals surface area contributed by atoms with E-state index in [1.165, 1.54) is 22.3 Å². The van der Waals surface area contributed by atoms with Crippen molar-refractivity contribution in [1.82, 2.24) is 0 Å². The van der Waals surface area contributed by atoms with Crippen molar-refractivity contribution in [2.75, 3.05) is 21.3 Å². The lowest BCUT2D eigenvalue weighted by atomic mass is 9.86. The summed E-state index contributed by atoms with van der Waals surface area (Å²) in [6.07, 6.45) is 0. The van der Waals surface area contributed by atoms with Crippen molar-refractivity contribution < 1.29 is 0 Å². The molecule has 8 aromatic rings. The molecule has 0 aliphatic heterocycles. The Balaban J connectivity index is 1.25. The van der Waals surface area contributed by atoms with Crippen LogP contribution in [0.3, 0.4) is 0 Å². The van der Waals surface area contributed by atoms with Crippen LogP contribution in [-0.2, 0) is 0 Å². The molecule has 0 bridgehead atoms. The third kappa shape index (κ3) is 7.38. The molecule has 0 aliphatic rings. The lowest BCUT2D eigenvalue weighted by Gasteiger charge is -2.27. The quantitative estimate of drug-likeness (QED) is 0.145. The average molecular weight is 727 g/mol. The van der Waals surface area contributed by atoms with Crippen LogP contribution >= 0.6 is 0 Å². The van der Waals surface area contributed by atoms with Gasteiger partial charge < -0.3 is 21.3 Å². The molecular weight excluding hydrogens is 681 g/mol. The normalized spacial score (nSPS) is 11.0. The van der Waals surface area contributed by atoms with Crippen LogP contribution in [0.2, 0.25) is 0 Å². The second-order valence-corrected chi connectivity index (χ2v) is 14.7. The zero-order valence-electron chi connectivity index (χ0n) is 32.4. The molecule has 0 aliphatic carbocycles. The van der Waals surface area contributed by atoms with Gasteiger partial charge in [-0.05, 0) is 147 Å². The molecule has 274 valence electrons. The first-order valence-electron chi connectivity index (χ1n) is 19.1. The first-order chi connectivity index (χ1) is 27.2. The molecule has 0 spiro atoms. The summed E-state index contributed by atoms with van der Waals surface area (Å²) in [4.78, 5) is 4.60. The number of hydrogen-bond donors (Lipinski definition) is 2. The number of rotatable bonds is 9. The van der Waals surface area contributed by atoms with Crippen LogP contribution in [0.25, 0.3) is 33.4 Å². The van der Waals surface area contributed by atoms with E-state index in [9.17, 15) is 0 Å². The van der Waals surface area contributed by atoms with Crippen molar-refractivity contribution in [3.8, 4) is 33.4 Å². The van der Waals surface area contributed by atoms with Gasteiger partial charge in [0.05, 0.1) is 0 Å². The number of aryl methyl sites for hydroxylation is 4. The monoisotopic (exact) mass is 726 g/mol. The maximum absolute atomic E-state index is 6.99. The summed E-state index contributed by atoms with van der Waals surface area (Å²) >= 11 is 0. The Morgan fingerprint density at radius 3 is 0.911 bits per heavy atom. The molecule has 0 heterocycles. The van der Waals surface area contributed by atoms with Crippen molar-refractivity contribution in [3.63, 3.8) is 0 Å². The number of nitrogen functional groups attached to an aromatic ring is 2. The van der Waals surface area contributed by atoms with Crippen molar-refractivity contribution in [3.05, 3.63) is 204 Å². The highest BCUT2D eigenvalue weighted by atomic mass is 15.1. The first kappa shape index (κ1) is 36.0. The molecule has 0 atom stereocenters. The molecule has 4 heteroatoms. The minimum atomic E-state index is 0.714. The SMILES string of the molecule is Cc1ccc(N(c2ccc(C)cc2)c2ccc(-c3c(N)ccc(-c4ccc(N)cc4)c3-c3ccc(N(c4ccc(C)cc4)c4ccc(C)cc4)cc3)cc2)cc1. The highest BCUT2D eigenvalue weighted by Crippen LogP contribution is 2.46. The molecule has 0 aromatic heterocycles. The van der Waals surface area contributed by atoms with Gasteiger partial charge in [0.25, 0.3) is 0 Å². The van der Waals surface area contributed by atoms with Crippen LogP contribution in [0.5, 0.6) is 0 Å². The second kappa shape index (κ2) is 15.4. The summed E-state index contributed by atoms with van der Waals surface area (Å²) in [6.45, 7) is 8.47. The molecule has 0 saturated heterocycles. The number of benzene rings is 8. The molecule has 0 amide bonds. The van der Waals surface area contributed by atoms with Gasteiger partial charge in [-0.15, -0.1) is 0 Å². The van der Waals surface area contributed by atoms with Gasteiger partial charge in [-0.25, -0.2) is 0 Å². The molecule has 0 unspecified atom stereocenters. The summed E-state index contributed by atoms with van der Waals surface area (Å²) in [6, 6.07) is 64.6. The molecule has 0 radical (unpaired) electrons. The molecule has 56 heavy (non-hydrogen) atoms. The summed E-state index contributed by atoms with van der Waals surface area (Å²) < 4.78 is 0. The molecule has 0 fully saturated rings. The maximum atomic E-state index is 6.99. The number of nitrogens with two attached hydrogens (primary N) is 2. The van der Waals surface area contributed by atoms with Gasteiger partial charge in [0, 0.05) is 51.1 Å². The summed E-state index contributed by atoms with van der Waals surface area (Å²) in [7, 11) is 0. The van der Waals surface area contributed by atoms with Crippen molar-refractivity contribution in [2.24, 2.45) is 0 Å². The fourth-order valence-corrected chi connectivity index (χ4v) is 7.36. The summed E-state index contributed by atoms with van der Waals surface area (Å²) in [5, 5.41) is 0. The van der Waals surface area contributed by atoms with Crippen molar-refractivity contribution in [1.29, 1.82) is 0 Å². The minimum Gasteiger partial charge on any atom is -0.399 e. The van der Waals surface area contributed by atoms with Gasteiger partial charge in [0.15, 0.2) is 0 Å². The van der Waals surface area contributed by atoms with E-state index in [1.54, 1.807) is 0 Å². The third-order valence-electron chi connectivity index (χ3n) is 10.5. The van der Waals surface area contributed by atoms with E-state index in [0.717, 1.165) is 73.2 Å². The highest BCUT2D eigenvalue weighted by Gasteiger charge is 2.20. The van der Waals surface area contributed by atoms with Crippen LogP contribution in [-0.4, -0.2) is 0 Å². The average Bonchev–Trinajstić information content (AvgIpc) is 3.22. The Kier molecular flexibility index (Phi) is 9.87. The molecular formula is C52H46N4. The zero-order valence-corrected chi connectivity index (χ0v) is 32.4. The first-order valence-corrected chi connectivity index (χ1v) is 19.1. The van der Waals surface area contributed by atoms with Crippen LogP contribution < -0.4 is 21.3 Å². The third-order valence-corrected chi connectivity index (χ3v) is 10.5. The molecule has 8 aromatic carbocycles. The van der Waals surface area contributed by atoms with E-state index >= 15 is 0 Å². The van der Waals surface area contributed by atoms with Gasteiger partial charge in [0.2, 0.25) is 0 Å². The number of nitrogens with zero attached hydrogens (tertiary/aromatic N) is 2. The van der Waals surface area contributed by atoms with E-state index in [4.69, 9.17) is 11.5 Å². The maximum Gasteiger partial charge on any atom is 0.0462 e. The summed E-state index contributed by atoms with van der Waals surface area (Å²) in [5.74, 6) is 0. The van der Waals surface area contributed by atoms with Crippen LogP contribution in [0.15, 0.2) is 182 Å². The van der Waals surface area contributed by atoms with E-state index in [1.807, 2.05) is 18.2 Å². The van der Waals surface area contributed by atoms with Crippen molar-refractivity contribution >= 4 is 45.5 Å². The minimum absolute atomic E-state index is 0.714. The Hall–Kier alpha value is -7.04. The van der Waals surface area contributed by atoms with Gasteiger partial charge in [-0.2, -0.15) is 0 Å². The van der Waals surface area contributed by atoms with Gasteiger partial charge >= 0.3 is 0 Å². The lowest BCUT2D eigenvalue weighted by molar-refractivity contribution is 1.27. The predicted molar refractivity (Wildman–Crippen MR) is 240 cm³/mol. The summed E-state index contributed by atoms with van der Waals surface area (Å²) in [5.41, 5.74) is 32.3. The number of anilines is 8. The fraction of sp³-hybridized carbons (Fsp3) is 0.0769. The van der Waals surface area contributed by atoms with Gasteiger partial charge in [0.1, 0.15) is 0 Å². The number of hydrogen-bond acceptors (Lipinski definition) is 4. The fourth-order valence-electron chi connectivity index (χ4n) is 7.36. The molecule has 8 rings (SSSR count). The van der Waals surface area contributed by atoms with Crippen LogP contribution in [0.1, 0.15) is 22.3 Å². The van der Waals surface area contributed by atoms with Crippen LogP contribution in [0.4, 0.5) is 45.5 Å². The molecule has 4 nitrogen and oxygen atoms in total. The Morgan fingerprint density at radius 2 is 0.571 bits per heavy atom. The second-order valence-electron chi connectivity index (χ2n) is 14.7. The smallest absolute Gasteiger partial charge is 0.0462 e. The Morgan fingerprint density at radius 1 is 0.286 bits per heavy atom. The molecule has 0 saturated carbocycles. The standard InChI is InChI=1S/C52H46N4/c1-35-5-21-43(22-6-35)55(44-23-7-36(2)8-24-44)47-29-15-40(16-30-47)51-49(39-13-19-42(53)20-14-39)33-34-50(54)52(51)41-17-31-48(32-18-41)56(45-25-9-37(3)10-26-45)46-27-11-38(4)12-28-46/h5-34H,53-54H2,1-4H3. The highest BCUT2D eigenvalue weighted by molar-refractivity contribution is 6.00. The lowest BCUT2D eigenvalue weighted by Crippen LogP contribution is -2.10. The topological polar surface area (TPSA) is 58.5 Å². The van der Waals surface area contributed by atoms with E-state index in [2.05, 4.69) is 201 Å². The zero-order chi connectivity index (χ0) is 38.8. The van der Waals surface area contributed by atoms with E-state index in [0.29, 0.717) is 5.69 Å². The van der Waals surface area contributed by atoms with E-state index < -0.39 is 0 Å².